The van der Waals surface area contributed by atoms with Gasteiger partial charge in [0, 0.05) is 17.7 Å². The molecule has 2 aromatic rings. The Balaban J connectivity index is 1.68. The molecular weight excluding hydrogens is 331 g/mol. The van der Waals surface area contributed by atoms with Gasteiger partial charge < -0.3 is 9.64 Å². The molecule has 1 atom stereocenters. The van der Waals surface area contributed by atoms with E-state index in [1.165, 1.54) is 6.07 Å². The Morgan fingerprint density at radius 2 is 1.88 bits per heavy atom. The molecule has 0 bridgehead atoms. The van der Waals surface area contributed by atoms with Crippen molar-refractivity contribution < 1.29 is 17.5 Å². The molecule has 1 saturated heterocycles. The lowest BCUT2D eigenvalue weighted by molar-refractivity contribution is -0.00846. The second kappa shape index (κ2) is 5.68. The van der Waals surface area contributed by atoms with Gasteiger partial charge in [0.15, 0.2) is 5.84 Å². The average Bonchev–Trinajstić information content (AvgIpc) is 2.87. The third-order valence-electron chi connectivity index (χ3n) is 4.23. The second-order valence-electron chi connectivity index (χ2n) is 5.71. The largest absolute Gasteiger partial charge is 0.370 e. The molecule has 0 aromatic heterocycles. The highest BCUT2D eigenvalue weighted by Crippen LogP contribution is 2.31. The van der Waals surface area contributed by atoms with Crippen LogP contribution in [0.25, 0.3) is 0 Å². The molecule has 0 saturated carbocycles. The van der Waals surface area contributed by atoms with Crippen molar-refractivity contribution in [3.05, 3.63) is 65.5 Å². The number of fused-ring (bicyclic) bond motifs is 1. The average molecular weight is 346 g/mol. The van der Waals surface area contributed by atoms with E-state index in [9.17, 15) is 12.8 Å². The first-order valence-corrected chi connectivity index (χ1v) is 9.05. The summed E-state index contributed by atoms with van der Waals surface area (Å²) in [6.45, 7) is 1.23. The number of nitrogens with zero attached hydrogens (tertiary/aromatic N) is 2. The lowest BCUT2D eigenvalue weighted by Gasteiger charge is -2.34. The molecule has 0 amide bonds. The van der Waals surface area contributed by atoms with E-state index in [-0.39, 0.29) is 10.7 Å². The second-order valence-corrected chi connectivity index (χ2v) is 7.29. The van der Waals surface area contributed by atoms with Gasteiger partial charge in [-0.1, -0.05) is 30.3 Å². The summed E-state index contributed by atoms with van der Waals surface area (Å²) in [6.07, 6.45) is -0.460. The molecule has 2 aliphatic rings. The van der Waals surface area contributed by atoms with E-state index in [1.807, 2.05) is 4.90 Å². The van der Waals surface area contributed by atoms with E-state index in [2.05, 4.69) is 4.40 Å². The van der Waals surface area contributed by atoms with E-state index >= 15 is 0 Å². The van der Waals surface area contributed by atoms with Crippen molar-refractivity contribution in [1.29, 1.82) is 0 Å². The first kappa shape index (κ1) is 15.3. The van der Waals surface area contributed by atoms with Gasteiger partial charge in [-0.25, -0.2) is 4.39 Å². The predicted octanol–water partition coefficient (Wildman–Crippen LogP) is 2.35. The number of sulfonamides is 1. The number of rotatable bonds is 1. The third kappa shape index (κ3) is 2.50. The van der Waals surface area contributed by atoms with Gasteiger partial charge in [0.2, 0.25) is 0 Å². The van der Waals surface area contributed by atoms with E-state index in [0.717, 1.165) is 0 Å². The Bertz CT molecular complexity index is 927. The minimum absolute atomic E-state index is 0.217. The van der Waals surface area contributed by atoms with Crippen LogP contribution in [-0.4, -0.2) is 38.8 Å². The zero-order valence-electron chi connectivity index (χ0n) is 12.7. The number of hydrogen-bond donors (Lipinski definition) is 0. The molecular formula is C17H15FN2O3S. The SMILES string of the molecule is O=S1(=O)N=C(N2CCOC(c3ccccc3F)C2)c2ccccc21. The van der Waals surface area contributed by atoms with Crippen molar-refractivity contribution in [3.8, 4) is 0 Å². The number of ether oxygens (including phenoxy) is 1. The summed E-state index contributed by atoms with van der Waals surface area (Å²) in [7, 11) is -3.66. The first-order valence-electron chi connectivity index (χ1n) is 7.61. The fourth-order valence-electron chi connectivity index (χ4n) is 3.08. The fraction of sp³-hybridized carbons (Fsp3) is 0.235. The van der Waals surface area contributed by atoms with E-state index in [0.29, 0.717) is 36.7 Å². The van der Waals surface area contributed by atoms with Crippen LogP contribution in [0.5, 0.6) is 0 Å². The van der Waals surface area contributed by atoms with Crippen LogP contribution in [0.3, 0.4) is 0 Å². The molecule has 0 spiro atoms. The maximum absolute atomic E-state index is 14.0. The molecule has 0 radical (unpaired) electrons. The summed E-state index contributed by atoms with van der Waals surface area (Å²) in [5, 5.41) is 0. The Hall–Kier alpha value is -2.25. The molecule has 2 aliphatic heterocycles. The number of hydrogen-bond acceptors (Lipinski definition) is 4. The highest BCUT2D eigenvalue weighted by atomic mass is 32.2. The Morgan fingerprint density at radius 3 is 2.71 bits per heavy atom. The summed E-state index contributed by atoms with van der Waals surface area (Å²) in [5.74, 6) is 0.0842. The highest BCUT2D eigenvalue weighted by molar-refractivity contribution is 7.90. The molecule has 5 nitrogen and oxygen atoms in total. The zero-order valence-corrected chi connectivity index (χ0v) is 13.5. The molecule has 2 aromatic carbocycles. The molecule has 0 aliphatic carbocycles. The summed E-state index contributed by atoms with van der Waals surface area (Å²) >= 11 is 0. The quantitative estimate of drug-likeness (QED) is 0.795. The topological polar surface area (TPSA) is 59.0 Å². The monoisotopic (exact) mass is 346 g/mol. The lowest BCUT2D eigenvalue weighted by Crippen LogP contribution is -2.42. The lowest BCUT2D eigenvalue weighted by atomic mass is 10.1. The highest BCUT2D eigenvalue weighted by Gasteiger charge is 2.34. The molecule has 124 valence electrons. The number of halogens is 1. The zero-order chi connectivity index (χ0) is 16.7. The predicted molar refractivity (Wildman–Crippen MR) is 86.8 cm³/mol. The first-order chi connectivity index (χ1) is 11.6. The minimum Gasteiger partial charge on any atom is -0.370 e. The van der Waals surface area contributed by atoms with Crippen LogP contribution in [0.15, 0.2) is 57.8 Å². The fourth-order valence-corrected chi connectivity index (χ4v) is 4.31. The van der Waals surface area contributed by atoms with Crippen LogP contribution < -0.4 is 0 Å². The summed E-state index contributed by atoms with van der Waals surface area (Å²) in [6, 6.07) is 13.2. The standard InChI is InChI=1S/C17H15FN2O3S/c18-14-7-3-1-5-12(14)15-11-20(9-10-23-15)17-13-6-2-4-8-16(13)24(21,22)19-17/h1-8,15H,9-11H2. The third-order valence-corrected chi connectivity index (χ3v) is 5.56. The van der Waals surface area contributed by atoms with Crippen molar-refractivity contribution in [1.82, 2.24) is 4.90 Å². The van der Waals surface area contributed by atoms with Crippen molar-refractivity contribution >= 4 is 15.9 Å². The molecule has 2 heterocycles. The van der Waals surface area contributed by atoms with Gasteiger partial charge in [0.05, 0.1) is 13.2 Å². The molecule has 7 heteroatoms. The van der Waals surface area contributed by atoms with Crippen LogP contribution in [0, 0.1) is 5.82 Å². The Kier molecular flexibility index (Phi) is 3.62. The number of amidine groups is 1. The van der Waals surface area contributed by atoms with Crippen molar-refractivity contribution in [2.24, 2.45) is 4.40 Å². The maximum atomic E-state index is 14.0. The van der Waals surface area contributed by atoms with Gasteiger partial charge in [0.1, 0.15) is 16.8 Å². The van der Waals surface area contributed by atoms with Crippen LogP contribution in [0.1, 0.15) is 17.2 Å². The van der Waals surface area contributed by atoms with Crippen LogP contribution >= 0.6 is 0 Å². The summed E-state index contributed by atoms with van der Waals surface area (Å²) < 4.78 is 48.0. The summed E-state index contributed by atoms with van der Waals surface area (Å²) in [5.41, 5.74) is 1.06. The molecule has 1 unspecified atom stereocenters. The Labute approximate surface area is 139 Å². The summed E-state index contributed by atoms with van der Waals surface area (Å²) in [4.78, 5) is 2.07. The number of morpholine rings is 1. The minimum atomic E-state index is -3.66. The van der Waals surface area contributed by atoms with Crippen LogP contribution in [0.2, 0.25) is 0 Å². The number of benzene rings is 2. The van der Waals surface area contributed by atoms with E-state index < -0.39 is 16.1 Å². The van der Waals surface area contributed by atoms with Crippen LogP contribution in [0.4, 0.5) is 4.39 Å². The molecule has 0 N–H and O–H groups in total. The smallest absolute Gasteiger partial charge is 0.285 e. The van der Waals surface area contributed by atoms with Gasteiger partial charge in [0.25, 0.3) is 10.0 Å². The van der Waals surface area contributed by atoms with Gasteiger partial charge in [-0.15, -0.1) is 4.40 Å². The van der Waals surface area contributed by atoms with Crippen molar-refractivity contribution in [2.45, 2.75) is 11.0 Å². The van der Waals surface area contributed by atoms with Gasteiger partial charge in [-0.2, -0.15) is 8.42 Å². The van der Waals surface area contributed by atoms with Crippen molar-refractivity contribution in [2.75, 3.05) is 19.7 Å². The molecule has 1 fully saturated rings. The van der Waals surface area contributed by atoms with Gasteiger partial charge in [-0.3, -0.25) is 0 Å². The van der Waals surface area contributed by atoms with Crippen LogP contribution in [-0.2, 0) is 14.8 Å². The van der Waals surface area contributed by atoms with Gasteiger partial charge in [-0.05, 0) is 18.2 Å². The normalized spacial score (nSPS) is 22.1. The maximum Gasteiger partial charge on any atom is 0.285 e. The Morgan fingerprint density at radius 1 is 1.12 bits per heavy atom. The van der Waals surface area contributed by atoms with E-state index in [1.54, 1.807) is 42.5 Å². The van der Waals surface area contributed by atoms with E-state index in [4.69, 9.17) is 4.74 Å². The van der Waals surface area contributed by atoms with Crippen molar-refractivity contribution in [3.63, 3.8) is 0 Å². The molecule has 24 heavy (non-hydrogen) atoms. The van der Waals surface area contributed by atoms with Gasteiger partial charge >= 0.3 is 0 Å². The molecule has 4 rings (SSSR count).